The fourth-order valence-corrected chi connectivity index (χ4v) is 9.52. The molecule has 0 bridgehead atoms. The Morgan fingerprint density at radius 1 is 1.06 bits per heavy atom. The summed E-state index contributed by atoms with van der Waals surface area (Å²) in [6.45, 7) is 12.2. The van der Waals surface area contributed by atoms with Gasteiger partial charge in [0.15, 0.2) is 5.78 Å². The van der Waals surface area contributed by atoms with Crippen LogP contribution in [0, 0.1) is 40.4 Å². The van der Waals surface area contributed by atoms with Gasteiger partial charge >= 0.3 is 0 Å². The van der Waals surface area contributed by atoms with Crippen molar-refractivity contribution in [2.75, 3.05) is 34.2 Å². The van der Waals surface area contributed by atoms with Gasteiger partial charge in [-0.1, -0.05) is 50.1 Å². The number of allylic oxidation sites excluding steroid dienone is 4. The lowest BCUT2D eigenvalue weighted by Crippen LogP contribution is -2.55. The van der Waals surface area contributed by atoms with Crippen LogP contribution in [-0.4, -0.2) is 55.9 Å². The third-order valence-electron chi connectivity index (χ3n) is 11.7. The maximum Gasteiger partial charge on any atom is 0.153 e. The molecule has 3 saturated carbocycles. The average Bonchev–Trinajstić information content (AvgIpc) is 3.15. The van der Waals surface area contributed by atoms with E-state index in [9.17, 15) is 4.79 Å². The van der Waals surface area contributed by atoms with Gasteiger partial charge in [-0.25, -0.2) is 0 Å². The minimum Gasteiger partial charge on any atom is -0.302 e. The van der Waals surface area contributed by atoms with Crippen LogP contribution in [-0.2, 0) is 4.79 Å². The number of nitrogens with zero attached hydrogens (tertiary/aromatic N) is 2. The fraction of sp³-hybridized carbons (Fsp3) is 0.781. The number of Topliss-reactive ketones (excluding diaryl/α,β-unsaturated/α-hetero) is 1. The second kappa shape index (κ2) is 9.28. The van der Waals surface area contributed by atoms with Crippen molar-refractivity contribution in [3.63, 3.8) is 0 Å². The summed E-state index contributed by atoms with van der Waals surface area (Å²) in [5.41, 5.74) is 5.48. The van der Waals surface area contributed by atoms with Gasteiger partial charge in [0.2, 0.25) is 0 Å². The molecule has 194 valence electrons. The van der Waals surface area contributed by atoms with Crippen molar-refractivity contribution in [3.8, 4) is 0 Å². The van der Waals surface area contributed by atoms with Crippen molar-refractivity contribution < 1.29 is 4.79 Å². The van der Waals surface area contributed by atoms with Gasteiger partial charge in [0.25, 0.3) is 0 Å². The van der Waals surface area contributed by atoms with E-state index in [1.165, 1.54) is 45.1 Å². The Morgan fingerprint density at radius 2 is 1.77 bits per heavy atom. The van der Waals surface area contributed by atoms with E-state index >= 15 is 0 Å². The largest absolute Gasteiger partial charge is 0.302 e. The number of likely N-dealkylation sites (N-methyl/N-ethyl adjacent to an activating group) is 2. The van der Waals surface area contributed by atoms with Crippen molar-refractivity contribution >= 4 is 5.78 Å². The van der Waals surface area contributed by atoms with Crippen LogP contribution in [0.4, 0.5) is 0 Å². The smallest absolute Gasteiger partial charge is 0.153 e. The van der Waals surface area contributed by atoms with Gasteiger partial charge in [-0.3, -0.25) is 9.69 Å². The molecule has 0 aromatic carbocycles. The van der Waals surface area contributed by atoms with E-state index in [0.29, 0.717) is 23.0 Å². The Balaban J connectivity index is 1.35. The monoisotopic (exact) mass is 478 g/mol. The molecule has 3 heteroatoms. The minimum atomic E-state index is 0.128. The van der Waals surface area contributed by atoms with Gasteiger partial charge in [0.05, 0.1) is 6.04 Å². The van der Waals surface area contributed by atoms with Crippen LogP contribution < -0.4 is 0 Å². The molecule has 0 amide bonds. The lowest BCUT2D eigenvalue weighted by Gasteiger charge is -2.57. The van der Waals surface area contributed by atoms with Crippen molar-refractivity contribution in [1.82, 2.24) is 9.80 Å². The molecule has 35 heavy (non-hydrogen) atoms. The molecule has 1 heterocycles. The summed E-state index contributed by atoms with van der Waals surface area (Å²) in [6, 6.07) is 0.128. The molecule has 0 N–H and O–H groups in total. The molecule has 5 rings (SSSR count). The highest BCUT2D eigenvalue weighted by molar-refractivity contribution is 5.88. The molecule has 0 aromatic heterocycles. The standard InChI is InChI=1S/C32H50N2O/c1-21(8-9-23-16-19-34(7)20-22(23)2)25-12-13-26-24-10-11-28-30(35)29(33(5)6)15-18-32(28,4)27(24)14-17-31(25,26)3/h8-10,21,25-29H,11-20H2,1-7H3/b9-8+/t21-,25-,26+,27+,28?,29+,31-,32-/m1/s1. The van der Waals surface area contributed by atoms with Crippen molar-refractivity contribution in [1.29, 1.82) is 0 Å². The number of fused-ring (bicyclic) bond motifs is 5. The van der Waals surface area contributed by atoms with Crippen LogP contribution in [0.2, 0.25) is 0 Å². The molecule has 8 atom stereocenters. The Bertz CT molecular complexity index is 943. The molecule has 1 aliphatic heterocycles. The summed E-state index contributed by atoms with van der Waals surface area (Å²) in [5.74, 6) is 3.51. The highest BCUT2D eigenvalue weighted by Crippen LogP contribution is 2.66. The maximum absolute atomic E-state index is 13.5. The number of hydrogen-bond acceptors (Lipinski definition) is 3. The maximum atomic E-state index is 13.5. The van der Waals surface area contributed by atoms with Crippen LogP contribution in [0.15, 0.2) is 34.9 Å². The van der Waals surface area contributed by atoms with Gasteiger partial charge in [-0.15, -0.1) is 0 Å². The van der Waals surface area contributed by atoms with Gasteiger partial charge in [0, 0.05) is 19.0 Å². The molecule has 0 saturated heterocycles. The fourth-order valence-electron chi connectivity index (χ4n) is 9.52. The van der Waals surface area contributed by atoms with Gasteiger partial charge in [0.1, 0.15) is 0 Å². The van der Waals surface area contributed by atoms with Crippen molar-refractivity contribution in [2.24, 2.45) is 40.4 Å². The molecule has 4 aliphatic carbocycles. The lowest BCUT2D eigenvalue weighted by molar-refractivity contribution is -0.140. The Labute approximate surface area is 215 Å². The van der Waals surface area contributed by atoms with Gasteiger partial charge in [-0.05, 0) is 120 Å². The molecular weight excluding hydrogens is 428 g/mol. The topological polar surface area (TPSA) is 23.6 Å². The predicted octanol–water partition coefficient (Wildman–Crippen LogP) is 6.52. The Hall–Kier alpha value is -1.19. The second-order valence-corrected chi connectivity index (χ2v) is 13.8. The van der Waals surface area contributed by atoms with Crippen LogP contribution in [0.3, 0.4) is 0 Å². The number of carbonyl (C=O) groups excluding carboxylic acids is 1. The number of ketones is 1. The Morgan fingerprint density at radius 3 is 2.49 bits per heavy atom. The van der Waals surface area contributed by atoms with Crippen molar-refractivity contribution in [2.45, 2.75) is 85.1 Å². The quantitative estimate of drug-likeness (QED) is 0.430. The summed E-state index contributed by atoms with van der Waals surface area (Å²) >= 11 is 0. The van der Waals surface area contributed by atoms with Crippen LogP contribution in [0.25, 0.3) is 0 Å². The first-order valence-corrected chi connectivity index (χ1v) is 14.5. The van der Waals surface area contributed by atoms with Crippen LogP contribution in [0.1, 0.15) is 79.1 Å². The summed E-state index contributed by atoms with van der Waals surface area (Å²) in [4.78, 5) is 18.1. The van der Waals surface area contributed by atoms with Gasteiger partial charge < -0.3 is 4.90 Å². The van der Waals surface area contributed by atoms with Gasteiger partial charge in [-0.2, -0.15) is 0 Å². The van der Waals surface area contributed by atoms with Crippen LogP contribution >= 0.6 is 0 Å². The highest BCUT2D eigenvalue weighted by Gasteiger charge is 2.59. The summed E-state index contributed by atoms with van der Waals surface area (Å²) in [7, 11) is 6.40. The second-order valence-electron chi connectivity index (χ2n) is 13.8. The summed E-state index contributed by atoms with van der Waals surface area (Å²) in [5, 5.41) is 0. The zero-order valence-electron chi connectivity index (χ0n) is 23.6. The minimum absolute atomic E-state index is 0.128. The van der Waals surface area contributed by atoms with Crippen LogP contribution in [0.5, 0.6) is 0 Å². The van der Waals surface area contributed by atoms with E-state index in [4.69, 9.17) is 0 Å². The van der Waals surface area contributed by atoms with E-state index in [1.54, 1.807) is 16.7 Å². The van der Waals surface area contributed by atoms with E-state index in [1.807, 2.05) is 0 Å². The van der Waals surface area contributed by atoms with E-state index in [0.717, 1.165) is 31.2 Å². The molecule has 0 aromatic rings. The highest BCUT2D eigenvalue weighted by atomic mass is 16.1. The molecule has 1 unspecified atom stereocenters. The van der Waals surface area contributed by atoms with E-state index in [2.05, 4.69) is 76.9 Å². The third kappa shape index (κ3) is 4.13. The zero-order valence-corrected chi connectivity index (χ0v) is 23.6. The zero-order chi connectivity index (χ0) is 25.1. The first kappa shape index (κ1) is 25.5. The molecule has 3 nitrogen and oxygen atoms in total. The van der Waals surface area contributed by atoms with Crippen molar-refractivity contribution in [3.05, 3.63) is 34.9 Å². The SMILES string of the molecule is CC1=C(/C=C/[C@@H](C)[C@H]2CC[C@H]3C4=CCC5C(=O)[C@@H](N(C)C)CC[C@]5(C)[C@H]4CC[C@]23C)CCN(C)C1. The number of carbonyl (C=O) groups is 1. The molecule has 0 spiro atoms. The number of hydrogen-bond donors (Lipinski definition) is 0. The normalized spacial score (nSPS) is 43.3. The van der Waals surface area contributed by atoms with E-state index in [-0.39, 0.29) is 17.4 Å². The Kier molecular flexibility index (Phi) is 6.75. The number of rotatable bonds is 4. The average molecular weight is 479 g/mol. The molecule has 5 aliphatic rings. The molecule has 0 radical (unpaired) electrons. The molecular formula is C32H50N2O. The summed E-state index contributed by atoms with van der Waals surface area (Å²) < 4.78 is 0. The lowest BCUT2D eigenvalue weighted by atomic mass is 9.47. The first-order chi connectivity index (χ1) is 16.6. The summed E-state index contributed by atoms with van der Waals surface area (Å²) in [6.07, 6.45) is 17.4. The molecule has 3 fully saturated rings. The predicted molar refractivity (Wildman–Crippen MR) is 146 cm³/mol. The first-order valence-electron chi connectivity index (χ1n) is 14.5. The van der Waals surface area contributed by atoms with E-state index < -0.39 is 0 Å². The third-order valence-corrected chi connectivity index (χ3v) is 11.7.